The van der Waals surface area contributed by atoms with E-state index in [2.05, 4.69) is 25.9 Å². The Kier molecular flexibility index (Phi) is 3.29. The van der Waals surface area contributed by atoms with Gasteiger partial charge in [0.25, 0.3) is 0 Å². The summed E-state index contributed by atoms with van der Waals surface area (Å²) in [5.74, 6) is 0.507. The quantitative estimate of drug-likeness (QED) is 0.836. The topological polar surface area (TPSA) is 92.8 Å². The summed E-state index contributed by atoms with van der Waals surface area (Å²) < 4.78 is 4.76. The standard InChI is InChI=1S/C10H11N5O2/c1-2-17-10(16)11-8-5-3-7(4-6-8)9-12-14-15-13-9/h3-6H,2H2,1H3,(H,11,16)(H,12,13,14,15). The van der Waals surface area contributed by atoms with E-state index in [0.717, 1.165) is 5.56 Å². The van der Waals surface area contributed by atoms with Crippen LogP contribution in [0.25, 0.3) is 11.4 Å². The normalized spacial score (nSPS) is 9.94. The number of ether oxygens (including phenoxy) is 1. The molecule has 0 spiro atoms. The second kappa shape index (κ2) is 5.06. The molecule has 1 aromatic heterocycles. The minimum Gasteiger partial charge on any atom is -0.450 e. The van der Waals surface area contributed by atoms with E-state index in [9.17, 15) is 4.79 Å². The Morgan fingerprint density at radius 1 is 1.41 bits per heavy atom. The maximum Gasteiger partial charge on any atom is 0.411 e. The summed E-state index contributed by atoms with van der Waals surface area (Å²) >= 11 is 0. The van der Waals surface area contributed by atoms with Crippen LogP contribution in [0.2, 0.25) is 0 Å². The number of anilines is 1. The van der Waals surface area contributed by atoms with Crippen LogP contribution >= 0.6 is 0 Å². The lowest BCUT2D eigenvalue weighted by Crippen LogP contribution is -2.13. The van der Waals surface area contributed by atoms with Crippen molar-refractivity contribution in [1.29, 1.82) is 0 Å². The van der Waals surface area contributed by atoms with Crippen molar-refractivity contribution in [1.82, 2.24) is 20.6 Å². The minimum absolute atomic E-state index is 0.340. The highest BCUT2D eigenvalue weighted by atomic mass is 16.5. The highest BCUT2D eigenvalue weighted by Gasteiger charge is 2.04. The van der Waals surface area contributed by atoms with Gasteiger partial charge in [-0.1, -0.05) is 0 Å². The number of H-pyrrole nitrogens is 1. The number of rotatable bonds is 3. The van der Waals surface area contributed by atoms with Gasteiger partial charge in [-0.25, -0.2) is 4.79 Å². The molecular formula is C10H11N5O2. The minimum atomic E-state index is -0.472. The molecule has 0 aliphatic heterocycles. The maximum absolute atomic E-state index is 11.2. The third kappa shape index (κ3) is 2.77. The number of nitrogens with one attached hydrogen (secondary N) is 2. The summed E-state index contributed by atoms with van der Waals surface area (Å²) in [4.78, 5) is 11.2. The highest BCUT2D eigenvalue weighted by molar-refractivity contribution is 5.84. The van der Waals surface area contributed by atoms with Crippen LogP contribution in [-0.4, -0.2) is 33.3 Å². The fourth-order valence-corrected chi connectivity index (χ4v) is 1.27. The van der Waals surface area contributed by atoms with Crippen LogP contribution in [0.15, 0.2) is 24.3 Å². The third-order valence-electron chi connectivity index (χ3n) is 2.01. The molecule has 1 amide bonds. The number of hydrogen-bond donors (Lipinski definition) is 2. The average Bonchev–Trinajstić information content (AvgIpc) is 2.84. The molecule has 7 nitrogen and oxygen atoms in total. The summed E-state index contributed by atoms with van der Waals surface area (Å²) in [6, 6.07) is 7.05. The molecular weight excluding hydrogens is 222 g/mol. The van der Waals surface area contributed by atoms with Crippen LogP contribution in [0.1, 0.15) is 6.92 Å². The van der Waals surface area contributed by atoms with Crippen molar-refractivity contribution < 1.29 is 9.53 Å². The highest BCUT2D eigenvalue weighted by Crippen LogP contribution is 2.16. The molecule has 1 heterocycles. The van der Waals surface area contributed by atoms with Crippen molar-refractivity contribution in [3.63, 3.8) is 0 Å². The van der Waals surface area contributed by atoms with E-state index >= 15 is 0 Å². The van der Waals surface area contributed by atoms with E-state index in [0.29, 0.717) is 18.1 Å². The van der Waals surface area contributed by atoms with Crippen molar-refractivity contribution in [2.75, 3.05) is 11.9 Å². The van der Waals surface area contributed by atoms with Crippen LogP contribution < -0.4 is 5.32 Å². The number of nitrogens with zero attached hydrogens (tertiary/aromatic N) is 3. The first-order valence-electron chi connectivity index (χ1n) is 5.07. The summed E-state index contributed by atoms with van der Waals surface area (Å²) in [6.45, 7) is 2.09. The Hall–Kier alpha value is -2.44. The molecule has 0 unspecified atom stereocenters. The first-order chi connectivity index (χ1) is 8.29. The van der Waals surface area contributed by atoms with Crippen LogP contribution in [0, 0.1) is 0 Å². The summed E-state index contributed by atoms with van der Waals surface area (Å²) in [5.41, 5.74) is 1.46. The number of hydrogen-bond acceptors (Lipinski definition) is 5. The van der Waals surface area contributed by atoms with Gasteiger partial charge in [-0.3, -0.25) is 5.32 Å². The zero-order valence-corrected chi connectivity index (χ0v) is 9.17. The van der Waals surface area contributed by atoms with Gasteiger partial charge in [0, 0.05) is 11.3 Å². The van der Waals surface area contributed by atoms with Crippen LogP contribution in [0.4, 0.5) is 10.5 Å². The lowest BCUT2D eigenvalue weighted by Gasteiger charge is -2.04. The summed E-state index contributed by atoms with van der Waals surface area (Å²) in [5, 5.41) is 16.1. The molecule has 0 saturated carbocycles. The van der Waals surface area contributed by atoms with E-state index in [-0.39, 0.29) is 0 Å². The van der Waals surface area contributed by atoms with Crippen LogP contribution in [0.3, 0.4) is 0 Å². The van der Waals surface area contributed by atoms with E-state index < -0.39 is 6.09 Å². The number of carbonyl (C=O) groups is 1. The molecule has 0 fully saturated rings. The third-order valence-corrected chi connectivity index (χ3v) is 2.01. The van der Waals surface area contributed by atoms with Crippen LogP contribution in [-0.2, 0) is 4.74 Å². The molecule has 0 aliphatic carbocycles. The Morgan fingerprint density at radius 3 is 2.76 bits per heavy atom. The van der Waals surface area contributed by atoms with E-state index in [1.807, 2.05) is 0 Å². The van der Waals surface area contributed by atoms with Crippen molar-refractivity contribution in [3.8, 4) is 11.4 Å². The zero-order valence-electron chi connectivity index (χ0n) is 9.17. The van der Waals surface area contributed by atoms with Gasteiger partial charge in [0.05, 0.1) is 6.61 Å². The van der Waals surface area contributed by atoms with Gasteiger partial charge in [-0.2, -0.15) is 5.21 Å². The second-order valence-corrected chi connectivity index (χ2v) is 3.16. The molecule has 2 rings (SSSR count). The predicted molar refractivity (Wildman–Crippen MR) is 60.3 cm³/mol. The van der Waals surface area contributed by atoms with Gasteiger partial charge in [0.1, 0.15) is 0 Å². The lowest BCUT2D eigenvalue weighted by atomic mass is 10.2. The first kappa shape index (κ1) is 11.1. The molecule has 0 radical (unpaired) electrons. The van der Waals surface area contributed by atoms with Gasteiger partial charge < -0.3 is 4.74 Å². The van der Waals surface area contributed by atoms with Gasteiger partial charge in [-0.05, 0) is 36.4 Å². The molecule has 7 heteroatoms. The first-order valence-corrected chi connectivity index (χ1v) is 5.07. The van der Waals surface area contributed by atoms with Gasteiger partial charge in [0.15, 0.2) is 0 Å². The summed E-state index contributed by atoms with van der Waals surface area (Å²) in [6.07, 6.45) is -0.472. The zero-order chi connectivity index (χ0) is 12.1. The Bertz CT molecular complexity index is 480. The fraction of sp³-hybridized carbons (Fsp3) is 0.200. The van der Waals surface area contributed by atoms with Gasteiger partial charge in [-0.15, -0.1) is 10.2 Å². The average molecular weight is 233 g/mol. The molecule has 0 atom stereocenters. The molecule has 1 aromatic carbocycles. The Balaban J connectivity index is 2.06. The fourth-order valence-electron chi connectivity index (χ4n) is 1.27. The molecule has 17 heavy (non-hydrogen) atoms. The SMILES string of the molecule is CCOC(=O)Nc1ccc(-c2nn[nH]n2)cc1. The van der Waals surface area contributed by atoms with Crippen LogP contribution in [0.5, 0.6) is 0 Å². The monoisotopic (exact) mass is 233 g/mol. The smallest absolute Gasteiger partial charge is 0.411 e. The number of aromatic nitrogens is 4. The van der Waals surface area contributed by atoms with Crippen molar-refractivity contribution in [2.45, 2.75) is 6.92 Å². The van der Waals surface area contributed by atoms with Gasteiger partial charge in [0.2, 0.25) is 5.82 Å². The predicted octanol–water partition coefficient (Wildman–Crippen LogP) is 1.44. The van der Waals surface area contributed by atoms with E-state index in [1.165, 1.54) is 0 Å². The number of amides is 1. The van der Waals surface area contributed by atoms with Crippen molar-refractivity contribution in [2.24, 2.45) is 0 Å². The number of tetrazole rings is 1. The van der Waals surface area contributed by atoms with Gasteiger partial charge >= 0.3 is 6.09 Å². The molecule has 0 saturated heterocycles. The molecule has 2 N–H and O–H groups in total. The van der Waals surface area contributed by atoms with Crippen molar-refractivity contribution >= 4 is 11.8 Å². The number of aromatic amines is 1. The van der Waals surface area contributed by atoms with E-state index in [1.54, 1.807) is 31.2 Å². The number of carbonyl (C=O) groups excluding carboxylic acids is 1. The second-order valence-electron chi connectivity index (χ2n) is 3.16. The lowest BCUT2D eigenvalue weighted by molar-refractivity contribution is 0.168. The Morgan fingerprint density at radius 2 is 2.18 bits per heavy atom. The number of benzene rings is 1. The van der Waals surface area contributed by atoms with E-state index in [4.69, 9.17) is 4.74 Å². The Labute approximate surface area is 97.2 Å². The molecule has 0 aliphatic rings. The molecule has 0 bridgehead atoms. The largest absolute Gasteiger partial charge is 0.450 e. The summed E-state index contributed by atoms with van der Waals surface area (Å²) in [7, 11) is 0. The van der Waals surface area contributed by atoms with Crippen molar-refractivity contribution in [3.05, 3.63) is 24.3 Å². The molecule has 2 aromatic rings. The maximum atomic E-state index is 11.2. The molecule has 88 valence electrons.